The van der Waals surface area contributed by atoms with Crippen LogP contribution in [0.1, 0.15) is 71.6 Å². The number of amides is 1. The standard InChI is InChI=1S/C20H32N2O3/c1-16(18-12-5-7-13-21-18)24-15-9-11-17-10-6-8-14-22(17)19(23)25-20(2,3)4/h5,7,12-13,16-17H,6,8-11,14-15H2,1-4H3/t16-,17+/m0/s1. The van der Waals surface area contributed by atoms with E-state index < -0.39 is 5.60 Å². The quantitative estimate of drug-likeness (QED) is 0.698. The third-order valence-electron chi connectivity index (χ3n) is 4.41. The van der Waals surface area contributed by atoms with Crippen LogP contribution in [0.5, 0.6) is 0 Å². The second-order valence-corrected chi connectivity index (χ2v) is 7.73. The van der Waals surface area contributed by atoms with Crippen LogP contribution < -0.4 is 0 Å². The minimum atomic E-state index is -0.444. The third-order valence-corrected chi connectivity index (χ3v) is 4.41. The summed E-state index contributed by atoms with van der Waals surface area (Å²) >= 11 is 0. The lowest BCUT2D eigenvalue weighted by Gasteiger charge is -2.37. The number of likely N-dealkylation sites (tertiary alicyclic amines) is 1. The van der Waals surface area contributed by atoms with Gasteiger partial charge in [0.15, 0.2) is 0 Å². The molecule has 2 atom stereocenters. The number of pyridine rings is 1. The maximum atomic E-state index is 12.4. The molecular weight excluding hydrogens is 316 g/mol. The molecule has 0 saturated carbocycles. The Bertz CT molecular complexity index is 527. The summed E-state index contributed by atoms with van der Waals surface area (Å²) in [6.07, 6.45) is 6.77. The largest absolute Gasteiger partial charge is 0.444 e. The molecule has 0 aliphatic carbocycles. The summed E-state index contributed by atoms with van der Waals surface area (Å²) in [5.41, 5.74) is 0.510. The Morgan fingerprint density at radius 2 is 2.16 bits per heavy atom. The molecule has 1 fully saturated rings. The molecule has 0 unspecified atom stereocenters. The van der Waals surface area contributed by atoms with Crippen LogP contribution in [0.4, 0.5) is 4.79 Å². The Kier molecular flexibility index (Phi) is 7.24. The van der Waals surface area contributed by atoms with Crippen LogP contribution in [0.25, 0.3) is 0 Å². The highest BCUT2D eigenvalue weighted by Gasteiger charge is 2.30. The van der Waals surface area contributed by atoms with E-state index in [1.165, 1.54) is 6.42 Å². The molecule has 140 valence electrons. The molecule has 1 aromatic heterocycles. The Morgan fingerprint density at radius 1 is 1.36 bits per heavy atom. The first-order valence-electron chi connectivity index (χ1n) is 9.39. The summed E-state index contributed by atoms with van der Waals surface area (Å²) < 4.78 is 11.5. The fourth-order valence-corrected chi connectivity index (χ4v) is 3.14. The van der Waals surface area contributed by atoms with Crippen molar-refractivity contribution < 1.29 is 14.3 Å². The average Bonchev–Trinajstić information content (AvgIpc) is 2.58. The molecule has 1 aromatic rings. The Hall–Kier alpha value is -1.62. The minimum Gasteiger partial charge on any atom is -0.444 e. The molecule has 0 spiro atoms. The number of carbonyl (C=O) groups excluding carboxylic acids is 1. The van der Waals surface area contributed by atoms with Gasteiger partial charge in [-0.25, -0.2) is 4.79 Å². The Balaban J connectivity index is 1.77. The Labute approximate surface area is 151 Å². The van der Waals surface area contributed by atoms with Crippen molar-refractivity contribution in [1.82, 2.24) is 9.88 Å². The van der Waals surface area contributed by atoms with E-state index in [-0.39, 0.29) is 18.2 Å². The molecule has 2 heterocycles. The summed E-state index contributed by atoms with van der Waals surface area (Å²) in [5.74, 6) is 0. The highest BCUT2D eigenvalue weighted by atomic mass is 16.6. The maximum absolute atomic E-state index is 12.4. The van der Waals surface area contributed by atoms with E-state index in [0.717, 1.165) is 37.9 Å². The molecule has 5 heteroatoms. The number of piperidine rings is 1. The molecule has 1 amide bonds. The van der Waals surface area contributed by atoms with Gasteiger partial charge in [-0.3, -0.25) is 4.98 Å². The number of ether oxygens (including phenoxy) is 2. The summed E-state index contributed by atoms with van der Waals surface area (Å²) in [5, 5.41) is 0. The van der Waals surface area contributed by atoms with E-state index in [9.17, 15) is 4.79 Å². The fourth-order valence-electron chi connectivity index (χ4n) is 3.14. The van der Waals surface area contributed by atoms with Crippen molar-refractivity contribution in [3.8, 4) is 0 Å². The number of aromatic nitrogens is 1. The predicted octanol–water partition coefficient (Wildman–Crippen LogP) is 4.73. The van der Waals surface area contributed by atoms with Crippen LogP contribution in [0.3, 0.4) is 0 Å². The van der Waals surface area contributed by atoms with Gasteiger partial charge in [0.2, 0.25) is 0 Å². The third kappa shape index (κ3) is 6.65. The van der Waals surface area contributed by atoms with Crippen molar-refractivity contribution in [2.24, 2.45) is 0 Å². The number of nitrogens with zero attached hydrogens (tertiary/aromatic N) is 2. The van der Waals surface area contributed by atoms with Crippen molar-refractivity contribution in [2.75, 3.05) is 13.2 Å². The maximum Gasteiger partial charge on any atom is 0.410 e. The molecule has 0 radical (unpaired) electrons. The van der Waals surface area contributed by atoms with Crippen LogP contribution in [0.2, 0.25) is 0 Å². The van der Waals surface area contributed by atoms with Crippen LogP contribution in [-0.2, 0) is 9.47 Å². The van der Waals surface area contributed by atoms with Crippen LogP contribution >= 0.6 is 0 Å². The van der Waals surface area contributed by atoms with E-state index in [1.807, 2.05) is 50.8 Å². The summed E-state index contributed by atoms with van der Waals surface area (Å²) in [6, 6.07) is 6.13. The first-order chi connectivity index (χ1) is 11.9. The number of carbonyl (C=O) groups is 1. The topological polar surface area (TPSA) is 51.7 Å². The molecule has 0 N–H and O–H groups in total. The monoisotopic (exact) mass is 348 g/mol. The Morgan fingerprint density at radius 3 is 2.84 bits per heavy atom. The molecule has 25 heavy (non-hydrogen) atoms. The predicted molar refractivity (Wildman–Crippen MR) is 98.4 cm³/mol. The number of rotatable bonds is 6. The van der Waals surface area contributed by atoms with Gasteiger partial charge in [-0.1, -0.05) is 6.07 Å². The second-order valence-electron chi connectivity index (χ2n) is 7.73. The zero-order valence-electron chi connectivity index (χ0n) is 16.0. The summed E-state index contributed by atoms with van der Waals surface area (Å²) in [6.45, 7) is 9.24. The molecule has 1 aliphatic heterocycles. The van der Waals surface area contributed by atoms with Crippen molar-refractivity contribution in [3.05, 3.63) is 30.1 Å². The van der Waals surface area contributed by atoms with Gasteiger partial charge in [-0.15, -0.1) is 0 Å². The lowest BCUT2D eigenvalue weighted by Crippen LogP contribution is -2.46. The molecule has 1 aliphatic rings. The summed E-state index contributed by atoms with van der Waals surface area (Å²) in [7, 11) is 0. The smallest absolute Gasteiger partial charge is 0.410 e. The first kappa shape index (κ1) is 19.7. The summed E-state index contributed by atoms with van der Waals surface area (Å²) in [4.78, 5) is 18.7. The van der Waals surface area contributed by atoms with E-state index in [1.54, 1.807) is 6.20 Å². The SMILES string of the molecule is C[C@H](OCCC[C@H]1CCCCN1C(=O)OC(C)(C)C)c1ccccn1. The van der Waals surface area contributed by atoms with Gasteiger partial charge in [0, 0.05) is 25.4 Å². The first-order valence-corrected chi connectivity index (χ1v) is 9.39. The van der Waals surface area contributed by atoms with E-state index >= 15 is 0 Å². The zero-order valence-corrected chi connectivity index (χ0v) is 16.0. The van der Waals surface area contributed by atoms with Crippen molar-refractivity contribution in [3.63, 3.8) is 0 Å². The molecular formula is C20H32N2O3. The highest BCUT2D eigenvalue weighted by molar-refractivity contribution is 5.68. The molecule has 1 saturated heterocycles. The van der Waals surface area contributed by atoms with E-state index in [0.29, 0.717) is 6.61 Å². The second kappa shape index (κ2) is 9.18. The lowest BCUT2D eigenvalue weighted by molar-refractivity contribution is 0.00581. The lowest BCUT2D eigenvalue weighted by atomic mass is 9.98. The minimum absolute atomic E-state index is 0.00508. The average molecular weight is 348 g/mol. The normalized spacial score (nSPS) is 19.5. The van der Waals surface area contributed by atoms with Crippen LogP contribution in [0, 0.1) is 0 Å². The number of hydrogen-bond acceptors (Lipinski definition) is 4. The van der Waals surface area contributed by atoms with Gasteiger partial charge >= 0.3 is 6.09 Å². The van der Waals surface area contributed by atoms with E-state index in [4.69, 9.17) is 9.47 Å². The highest BCUT2D eigenvalue weighted by Crippen LogP contribution is 2.24. The molecule has 5 nitrogen and oxygen atoms in total. The van der Waals surface area contributed by atoms with Gasteiger partial charge in [-0.2, -0.15) is 0 Å². The van der Waals surface area contributed by atoms with Gasteiger partial charge < -0.3 is 14.4 Å². The van der Waals surface area contributed by atoms with E-state index in [2.05, 4.69) is 4.98 Å². The molecule has 0 aromatic carbocycles. The van der Waals surface area contributed by atoms with Crippen LogP contribution in [-0.4, -0.2) is 40.8 Å². The van der Waals surface area contributed by atoms with Gasteiger partial charge in [0.25, 0.3) is 0 Å². The molecule has 0 bridgehead atoms. The van der Waals surface area contributed by atoms with Crippen molar-refractivity contribution in [1.29, 1.82) is 0 Å². The van der Waals surface area contributed by atoms with Crippen LogP contribution in [0.15, 0.2) is 24.4 Å². The van der Waals surface area contributed by atoms with Gasteiger partial charge in [-0.05, 0) is 71.9 Å². The van der Waals surface area contributed by atoms with Crippen molar-refractivity contribution in [2.45, 2.75) is 77.5 Å². The number of hydrogen-bond donors (Lipinski definition) is 0. The van der Waals surface area contributed by atoms with Crippen molar-refractivity contribution >= 4 is 6.09 Å². The van der Waals surface area contributed by atoms with Gasteiger partial charge in [0.05, 0.1) is 11.8 Å². The molecule has 2 rings (SSSR count). The zero-order chi connectivity index (χ0) is 18.3. The fraction of sp³-hybridized carbons (Fsp3) is 0.700. The van der Waals surface area contributed by atoms with Gasteiger partial charge in [0.1, 0.15) is 5.60 Å².